The molecule has 2 N–H and O–H groups in total. The third kappa shape index (κ3) is 3.77. The standard InChI is InChI=1S/C13H18N2O/c1-4-8-14-13(16)11(3)15-12-7-5-6-10(2)9-12/h4-7,9,11,15H,1,8H2,2-3H3,(H,14,16)/t11-/m1/s1. The molecule has 1 aromatic carbocycles. The Hall–Kier alpha value is -1.77. The van der Waals surface area contributed by atoms with Crippen LogP contribution in [-0.2, 0) is 4.79 Å². The first-order valence-electron chi connectivity index (χ1n) is 5.35. The van der Waals surface area contributed by atoms with Gasteiger partial charge in [0.15, 0.2) is 0 Å². The van der Waals surface area contributed by atoms with Gasteiger partial charge in [-0.05, 0) is 31.5 Å². The molecule has 0 aliphatic heterocycles. The molecular weight excluding hydrogens is 200 g/mol. The van der Waals surface area contributed by atoms with Gasteiger partial charge in [-0.25, -0.2) is 0 Å². The summed E-state index contributed by atoms with van der Waals surface area (Å²) in [6, 6.07) is 7.70. The van der Waals surface area contributed by atoms with E-state index in [2.05, 4.69) is 17.2 Å². The van der Waals surface area contributed by atoms with Gasteiger partial charge in [-0.2, -0.15) is 0 Å². The molecule has 3 heteroatoms. The molecule has 0 saturated heterocycles. The summed E-state index contributed by atoms with van der Waals surface area (Å²) in [7, 11) is 0. The number of hydrogen-bond donors (Lipinski definition) is 2. The maximum atomic E-state index is 11.6. The normalized spacial score (nSPS) is 11.6. The van der Waals surface area contributed by atoms with Gasteiger partial charge in [-0.1, -0.05) is 18.2 Å². The van der Waals surface area contributed by atoms with Gasteiger partial charge < -0.3 is 10.6 Å². The van der Waals surface area contributed by atoms with Crippen LogP contribution in [0.15, 0.2) is 36.9 Å². The first-order valence-corrected chi connectivity index (χ1v) is 5.35. The average molecular weight is 218 g/mol. The fourth-order valence-electron chi connectivity index (χ4n) is 1.38. The minimum absolute atomic E-state index is 0.0265. The molecular formula is C13H18N2O. The van der Waals surface area contributed by atoms with Gasteiger partial charge in [0.25, 0.3) is 0 Å². The minimum atomic E-state index is -0.248. The first-order chi connectivity index (χ1) is 7.63. The van der Waals surface area contributed by atoms with Crippen molar-refractivity contribution < 1.29 is 4.79 Å². The summed E-state index contributed by atoms with van der Waals surface area (Å²) in [4.78, 5) is 11.6. The molecule has 0 radical (unpaired) electrons. The third-order valence-corrected chi connectivity index (χ3v) is 2.22. The highest BCUT2D eigenvalue weighted by Gasteiger charge is 2.10. The summed E-state index contributed by atoms with van der Waals surface area (Å²) < 4.78 is 0. The predicted octanol–water partition coefficient (Wildman–Crippen LogP) is 2.10. The Labute approximate surface area is 96.6 Å². The Morgan fingerprint density at radius 2 is 2.31 bits per heavy atom. The first kappa shape index (κ1) is 12.3. The summed E-state index contributed by atoms with van der Waals surface area (Å²) in [6.07, 6.45) is 1.66. The lowest BCUT2D eigenvalue weighted by Gasteiger charge is -2.14. The molecule has 1 amide bonds. The Morgan fingerprint density at radius 1 is 1.56 bits per heavy atom. The van der Waals surface area contributed by atoms with Crippen LogP contribution < -0.4 is 10.6 Å². The van der Waals surface area contributed by atoms with Crippen LogP contribution in [0.1, 0.15) is 12.5 Å². The lowest BCUT2D eigenvalue weighted by atomic mass is 10.2. The number of amides is 1. The number of anilines is 1. The highest BCUT2D eigenvalue weighted by Crippen LogP contribution is 2.10. The van der Waals surface area contributed by atoms with E-state index in [1.165, 1.54) is 5.56 Å². The second-order valence-electron chi connectivity index (χ2n) is 3.77. The van der Waals surface area contributed by atoms with Crippen molar-refractivity contribution in [2.24, 2.45) is 0 Å². The van der Waals surface area contributed by atoms with Crippen LogP contribution in [0.2, 0.25) is 0 Å². The maximum absolute atomic E-state index is 11.6. The Bertz CT molecular complexity index is 374. The van der Waals surface area contributed by atoms with E-state index >= 15 is 0 Å². The summed E-state index contributed by atoms with van der Waals surface area (Å²) in [5.41, 5.74) is 2.13. The molecule has 0 unspecified atom stereocenters. The largest absolute Gasteiger partial charge is 0.374 e. The number of carbonyl (C=O) groups excluding carboxylic acids is 1. The lowest BCUT2D eigenvalue weighted by Crippen LogP contribution is -2.37. The van der Waals surface area contributed by atoms with Gasteiger partial charge >= 0.3 is 0 Å². The van der Waals surface area contributed by atoms with Crippen LogP contribution >= 0.6 is 0 Å². The molecule has 0 spiro atoms. The second kappa shape index (κ2) is 5.95. The van der Waals surface area contributed by atoms with E-state index in [9.17, 15) is 4.79 Å². The number of carbonyl (C=O) groups is 1. The molecule has 0 aromatic heterocycles. The zero-order valence-electron chi connectivity index (χ0n) is 9.79. The van der Waals surface area contributed by atoms with Gasteiger partial charge in [-0.3, -0.25) is 4.79 Å². The van der Waals surface area contributed by atoms with Gasteiger partial charge in [-0.15, -0.1) is 6.58 Å². The van der Waals surface area contributed by atoms with Crippen LogP contribution in [0.25, 0.3) is 0 Å². The van der Waals surface area contributed by atoms with Crippen LogP contribution in [0, 0.1) is 6.92 Å². The number of hydrogen-bond acceptors (Lipinski definition) is 2. The molecule has 0 bridgehead atoms. The van der Waals surface area contributed by atoms with Gasteiger partial charge in [0.2, 0.25) is 5.91 Å². The predicted molar refractivity (Wildman–Crippen MR) is 67.5 cm³/mol. The molecule has 1 atom stereocenters. The Kier molecular flexibility index (Phi) is 4.58. The van der Waals surface area contributed by atoms with E-state index in [4.69, 9.17) is 0 Å². The lowest BCUT2D eigenvalue weighted by molar-refractivity contribution is -0.121. The van der Waals surface area contributed by atoms with Crippen molar-refractivity contribution in [1.82, 2.24) is 5.32 Å². The fraction of sp³-hybridized carbons (Fsp3) is 0.308. The molecule has 0 saturated carbocycles. The van der Waals surface area contributed by atoms with E-state index in [1.54, 1.807) is 6.08 Å². The molecule has 0 aliphatic rings. The van der Waals surface area contributed by atoms with E-state index in [0.29, 0.717) is 6.54 Å². The molecule has 1 rings (SSSR count). The van der Waals surface area contributed by atoms with Crippen molar-refractivity contribution >= 4 is 11.6 Å². The summed E-state index contributed by atoms with van der Waals surface area (Å²) in [5, 5.41) is 5.89. The Balaban J connectivity index is 2.53. The topological polar surface area (TPSA) is 41.1 Å². The summed E-state index contributed by atoms with van der Waals surface area (Å²) in [5.74, 6) is -0.0265. The van der Waals surface area contributed by atoms with Gasteiger partial charge in [0.1, 0.15) is 6.04 Å². The van der Waals surface area contributed by atoms with Crippen molar-refractivity contribution in [3.05, 3.63) is 42.5 Å². The van der Waals surface area contributed by atoms with E-state index in [-0.39, 0.29) is 11.9 Å². The monoisotopic (exact) mass is 218 g/mol. The molecule has 0 aliphatic carbocycles. The summed E-state index contributed by atoms with van der Waals surface area (Å²) >= 11 is 0. The quantitative estimate of drug-likeness (QED) is 0.743. The molecule has 1 aromatic rings. The number of nitrogens with one attached hydrogen (secondary N) is 2. The SMILES string of the molecule is C=CCNC(=O)[C@@H](C)Nc1cccc(C)c1. The van der Waals surface area contributed by atoms with Gasteiger partial charge in [0.05, 0.1) is 0 Å². The summed E-state index contributed by atoms with van der Waals surface area (Å²) in [6.45, 7) is 7.91. The van der Waals surface area contributed by atoms with Crippen LogP contribution in [0.5, 0.6) is 0 Å². The zero-order chi connectivity index (χ0) is 12.0. The molecule has 0 heterocycles. The highest BCUT2D eigenvalue weighted by molar-refractivity contribution is 5.84. The maximum Gasteiger partial charge on any atom is 0.242 e. The van der Waals surface area contributed by atoms with Crippen LogP contribution in [0.3, 0.4) is 0 Å². The number of rotatable bonds is 5. The minimum Gasteiger partial charge on any atom is -0.374 e. The molecule has 86 valence electrons. The van der Waals surface area contributed by atoms with Crippen molar-refractivity contribution in [3.8, 4) is 0 Å². The number of benzene rings is 1. The van der Waals surface area contributed by atoms with Gasteiger partial charge in [0, 0.05) is 12.2 Å². The third-order valence-electron chi connectivity index (χ3n) is 2.22. The van der Waals surface area contributed by atoms with Crippen LogP contribution in [-0.4, -0.2) is 18.5 Å². The fourth-order valence-corrected chi connectivity index (χ4v) is 1.38. The van der Waals surface area contributed by atoms with Crippen molar-refractivity contribution in [3.63, 3.8) is 0 Å². The van der Waals surface area contributed by atoms with Crippen LogP contribution in [0.4, 0.5) is 5.69 Å². The number of aryl methyl sites for hydroxylation is 1. The molecule has 0 fully saturated rings. The van der Waals surface area contributed by atoms with Crippen molar-refractivity contribution in [2.45, 2.75) is 19.9 Å². The van der Waals surface area contributed by atoms with E-state index in [0.717, 1.165) is 5.69 Å². The zero-order valence-corrected chi connectivity index (χ0v) is 9.79. The highest BCUT2D eigenvalue weighted by atomic mass is 16.2. The van der Waals surface area contributed by atoms with E-state index in [1.807, 2.05) is 38.1 Å². The Morgan fingerprint density at radius 3 is 2.94 bits per heavy atom. The smallest absolute Gasteiger partial charge is 0.242 e. The average Bonchev–Trinajstić information content (AvgIpc) is 2.25. The van der Waals surface area contributed by atoms with Crippen molar-refractivity contribution in [2.75, 3.05) is 11.9 Å². The van der Waals surface area contributed by atoms with E-state index < -0.39 is 0 Å². The second-order valence-corrected chi connectivity index (χ2v) is 3.77. The molecule has 16 heavy (non-hydrogen) atoms. The van der Waals surface area contributed by atoms with Crippen molar-refractivity contribution in [1.29, 1.82) is 0 Å². The molecule has 3 nitrogen and oxygen atoms in total.